The van der Waals surface area contributed by atoms with Gasteiger partial charge in [0, 0.05) is 6.54 Å². The predicted molar refractivity (Wildman–Crippen MR) is 92.5 cm³/mol. The number of nitriles is 1. The minimum Gasteiger partial charge on any atom is -0.369 e. The predicted octanol–water partition coefficient (Wildman–Crippen LogP) is 3.16. The average Bonchev–Trinajstić information content (AvgIpc) is 2.97. The molecular formula is C17H16FN7. The van der Waals surface area contributed by atoms with Gasteiger partial charge in [-0.3, -0.25) is 0 Å². The number of hydrogen-bond donors (Lipinski definition) is 2. The number of nitrogens with one attached hydrogen (secondary N) is 2. The maximum atomic E-state index is 13.0. The summed E-state index contributed by atoms with van der Waals surface area (Å²) in [5, 5.41) is 19.6. The summed E-state index contributed by atoms with van der Waals surface area (Å²) in [6, 6.07) is 8.10. The Morgan fingerprint density at radius 3 is 2.72 bits per heavy atom. The lowest BCUT2D eigenvalue weighted by molar-refractivity contribution is 0.627. The van der Waals surface area contributed by atoms with E-state index in [-0.39, 0.29) is 5.82 Å². The van der Waals surface area contributed by atoms with Crippen molar-refractivity contribution < 1.29 is 4.39 Å². The van der Waals surface area contributed by atoms with Gasteiger partial charge in [-0.2, -0.15) is 15.3 Å². The van der Waals surface area contributed by atoms with Crippen molar-refractivity contribution in [2.45, 2.75) is 13.8 Å². The van der Waals surface area contributed by atoms with Gasteiger partial charge in [-0.15, -0.1) is 0 Å². The Morgan fingerprint density at radius 1 is 1.28 bits per heavy atom. The van der Waals surface area contributed by atoms with E-state index >= 15 is 0 Å². The number of aromatic nitrogens is 4. The second-order valence-electron chi connectivity index (χ2n) is 5.27. The molecule has 2 N–H and O–H groups in total. The van der Waals surface area contributed by atoms with Crippen LogP contribution in [0.3, 0.4) is 0 Å². The van der Waals surface area contributed by atoms with E-state index in [1.54, 1.807) is 23.0 Å². The number of anilines is 3. The van der Waals surface area contributed by atoms with E-state index in [4.69, 9.17) is 5.26 Å². The third-order valence-electron chi connectivity index (χ3n) is 3.49. The summed E-state index contributed by atoms with van der Waals surface area (Å²) in [6.45, 7) is 4.41. The van der Waals surface area contributed by atoms with Gasteiger partial charge in [0.05, 0.1) is 29.5 Å². The molecule has 0 amide bonds. The van der Waals surface area contributed by atoms with Crippen molar-refractivity contribution in [3.05, 3.63) is 53.7 Å². The molecule has 1 aromatic carbocycles. The number of halogens is 1. The van der Waals surface area contributed by atoms with E-state index in [0.717, 1.165) is 17.1 Å². The number of rotatable bonds is 5. The summed E-state index contributed by atoms with van der Waals surface area (Å²) in [5.74, 6) is 0.538. The lowest BCUT2D eigenvalue weighted by Gasteiger charge is -2.07. The number of nitrogens with zero attached hydrogens (tertiary/aromatic N) is 5. The van der Waals surface area contributed by atoms with E-state index in [1.807, 2.05) is 13.8 Å². The molecule has 2 aromatic heterocycles. The fraction of sp³-hybridized carbons (Fsp3) is 0.176. The highest BCUT2D eigenvalue weighted by molar-refractivity contribution is 5.60. The molecule has 0 saturated carbocycles. The fourth-order valence-electron chi connectivity index (χ4n) is 2.26. The highest BCUT2D eigenvalue weighted by atomic mass is 19.1. The number of aryl methyl sites for hydroxylation is 1. The molecule has 0 bridgehead atoms. The van der Waals surface area contributed by atoms with Crippen molar-refractivity contribution in [1.82, 2.24) is 19.7 Å². The molecule has 8 heteroatoms. The molecule has 3 rings (SSSR count). The average molecular weight is 337 g/mol. The van der Waals surface area contributed by atoms with Crippen LogP contribution in [0.15, 0.2) is 36.7 Å². The summed E-state index contributed by atoms with van der Waals surface area (Å²) in [7, 11) is 0. The van der Waals surface area contributed by atoms with Crippen LogP contribution in [0.4, 0.5) is 21.8 Å². The highest BCUT2D eigenvalue weighted by Gasteiger charge is 2.10. The molecule has 2 heterocycles. The SMILES string of the molecule is CCNc1nc(Nc2cn(-c3ccc(F)cc3)nc2C)ncc1C#N. The van der Waals surface area contributed by atoms with Crippen LogP contribution in [0.2, 0.25) is 0 Å². The lowest BCUT2D eigenvalue weighted by atomic mass is 10.3. The van der Waals surface area contributed by atoms with E-state index in [0.29, 0.717) is 23.9 Å². The first-order valence-electron chi connectivity index (χ1n) is 7.71. The summed E-state index contributed by atoms with van der Waals surface area (Å²) < 4.78 is 14.7. The topological polar surface area (TPSA) is 91.4 Å². The highest BCUT2D eigenvalue weighted by Crippen LogP contribution is 2.21. The standard InChI is InChI=1S/C17H16FN7/c1-3-20-16-12(8-19)9-21-17(23-16)22-15-10-25(24-11(15)2)14-6-4-13(18)5-7-14/h4-7,9-10H,3H2,1-2H3,(H2,20,21,22,23). The smallest absolute Gasteiger partial charge is 0.229 e. The molecule has 7 nitrogen and oxygen atoms in total. The first kappa shape index (κ1) is 16.4. The van der Waals surface area contributed by atoms with Gasteiger partial charge in [-0.05, 0) is 38.1 Å². The van der Waals surface area contributed by atoms with Crippen LogP contribution in [-0.4, -0.2) is 26.3 Å². The summed E-state index contributed by atoms with van der Waals surface area (Å²) >= 11 is 0. The lowest BCUT2D eigenvalue weighted by Crippen LogP contribution is -2.06. The fourth-order valence-corrected chi connectivity index (χ4v) is 2.26. The van der Waals surface area contributed by atoms with Gasteiger partial charge in [-0.1, -0.05) is 0 Å². The van der Waals surface area contributed by atoms with Crippen LogP contribution in [0.5, 0.6) is 0 Å². The molecule has 0 atom stereocenters. The van der Waals surface area contributed by atoms with Gasteiger partial charge in [0.2, 0.25) is 5.95 Å². The summed E-state index contributed by atoms with van der Waals surface area (Å²) in [6.07, 6.45) is 3.24. The van der Waals surface area contributed by atoms with Crippen LogP contribution in [0, 0.1) is 24.1 Å². The second kappa shape index (κ2) is 6.97. The molecule has 126 valence electrons. The van der Waals surface area contributed by atoms with Crippen molar-refractivity contribution >= 4 is 17.5 Å². The number of benzene rings is 1. The van der Waals surface area contributed by atoms with Gasteiger partial charge < -0.3 is 10.6 Å². The minimum absolute atomic E-state index is 0.298. The maximum absolute atomic E-state index is 13.0. The molecule has 0 spiro atoms. The van der Waals surface area contributed by atoms with Gasteiger partial charge in [0.25, 0.3) is 0 Å². The Morgan fingerprint density at radius 2 is 2.04 bits per heavy atom. The first-order chi connectivity index (χ1) is 12.1. The molecule has 0 fully saturated rings. The zero-order valence-electron chi connectivity index (χ0n) is 13.8. The molecule has 3 aromatic rings. The van der Waals surface area contributed by atoms with Gasteiger partial charge in [0.15, 0.2) is 0 Å². The first-order valence-corrected chi connectivity index (χ1v) is 7.71. The third-order valence-corrected chi connectivity index (χ3v) is 3.49. The van der Waals surface area contributed by atoms with Gasteiger partial charge in [-0.25, -0.2) is 14.1 Å². The number of hydrogen-bond acceptors (Lipinski definition) is 6. The third kappa shape index (κ3) is 3.55. The largest absolute Gasteiger partial charge is 0.369 e. The van der Waals surface area contributed by atoms with Crippen molar-refractivity contribution in [2.24, 2.45) is 0 Å². The van der Waals surface area contributed by atoms with Crippen molar-refractivity contribution in [3.63, 3.8) is 0 Å². The van der Waals surface area contributed by atoms with Crippen LogP contribution in [0.25, 0.3) is 5.69 Å². The van der Waals surface area contributed by atoms with E-state index in [2.05, 4.69) is 31.8 Å². The molecule has 0 aliphatic rings. The minimum atomic E-state index is -0.298. The Bertz CT molecular complexity index is 925. The van der Waals surface area contributed by atoms with E-state index in [9.17, 15) is 4.39 Å². The zero-order chi connectivity index (χ0) is 17.8. The summed E-state index contributed by atoms with van der Waals surface area (Å²) in [4.78, 5) is 8.47. The van der Waals surface area contributed by atoms with Gasteiger partial charge >= 0.3 is 0 Å². The van der Waals surface area contributed by atoms with Crippen LogP contribution >= 0.6 is 0 Å². The quantitative estimate of drug-likeness (QED) is 0.743. The Kier molecular flexibility index (Phi) is 4.57. The zero-order valence-corrected chi connectivity index (χ0v) is 13.8. The normalized spacial score (nSPS) is 10.3. The van der Waals surface area contributed by atoms with Crippen molar-refractivity contribution in [1.29, 1.82) is 5.26 Å². The molecule has 0 aliphatic heterocycles. The maximum Gasteiger partial charge on any atom is 0.229 e. The molecular weight excluding hydrogens is 321 g/mol. The molecule has 0 saturated heterocycles. The molecule has 0 unspecified atom stereocenters. The Hall–Kier alpha value is -3.47. The van der Waals surface area contributed by atoms with Crippen LogP contribution < -0.4 is 10.6 Å². The molecule has 0 aliphatic carbocycles. The molecule has 25 heavy (non-hydrogen) atoms. The Labute approximate surface area is 144 Å². The van der Waals surface area contributed by atoms with Crippen LogP contribution in [-0.2, 0) is 0 Å². The van der Waals surface area contributed by atoms with E-state index < -0.39 is 0 Å². The molecule has 0 radical (unpaired) electrons. The second-order valence-corrected chi connectivity index (χ2v) is 5.27. The Balaban J connectivity index is 1.87. The van der Waals surface area contributed by atoms with Crippen LogP contribution in [0.1, 0.15) is 18.2 Å². The van der Waals surface area contributed by atoms with Crippen molar-refractivity contribution in [2.75, 3.05) is 17.2 Å². The monoisotopic (exact) mass is 337 g/mol. The van der Waals surface area contributed by atoms with Gasteiger partial charge in [0.1, 0.15) is 23.3 Å². The summed E-state index contributed by atoms with van der Waals surface area (Å²) in [5.41, 5.74) is 2.58. The van der Waals surface area contributed by atoms with Crippen molar-refractivity contribution in [3.8, 4) is 11.8 Å². The van der Waals surface area contributed by atoms with E-state index in [1.165, 1.54) is 18.3 Å².